The highest BCUT2D eigenvalue weighted by atomic mass is 16.6. The maximum absolute atomic E-state index is 12.4. The Labute approximate surface area is 255 Å². The van der Waals surface area contributed by atoms with Gasteiger partial charge < -0.3 is 68.1 Å². The van der Waals surface area contributed by atoms with E-state index in [1.807, 2.05) is 0 Å². The van der Waals surface area contributed by atoms with Crippen LogP contribution in [0.3, 0.4) is 0 Å². The maximum atomic E-state index is 12.4. The van der Waals surface area contributed by atoms with Crippen molar-refractivity contribution in [2.45, 2.75) is 56.1 Å². The summed E-state index contributed by atoms with van der Waals surface area (Å²) in [6.07, 6.45) is -5.08. The Hall–Kier alpha value is -4.53. The minimum atomic E-state index is -1.35. The number of aliphatic hydroxyl groups is 4. The molecule has 3 heterocycles. The standard InChI is InChI=1S/C20H25N7O6.C6H13NO5/c1-9(18(30)31)6-13(19(32)33)25-16(28)10-2-4-11(5-3-10)22-7-12-8-23-15-14(24-12)17(29)27-20(21)26-15;7-3-5(10)4(9)2(1-8)12-6(3)11/h2-5,9,12-13,22,24H,6-8H2,1H3,(H,25,28)(H,30,31)(H,32,33)(H4,21,23,26,27,29);2-6,8-11H,1,7H2/t9?,12?,13-;2-,3-,4-,5-,6?/m01/s1. The van der Waals surface area contributed by atoms with Gasteiger partial charge in [0.25, 0.3) is 11.5 Å². The average Bonchev–Trinajstić information content (AvgIpc) is 3.00. The lowest BCUT2D eigenvalue weighted by Crippen LogP contribution is -2.61. The van der Waals surface area contributed by atoms with Gasteiger partial charge in [0, 0.05) is 24.3 Å². The lowest BCUT2D eigenvalue weighted by Gasteiger charge is -2.38. The summed E-state index contributed by atoms with van der Waals surface area (Å²) in [6, 6.07) is 3.88. The maximum Gasteiger partial charge on any atom is 0.326 e. The Morgan fingerprint density at radius 1 is 1.11 bits per heavy atom. The van der Waals surface area contributed by atoms with Gasteiger partial charge in [-0.1, -0.05) is 6.92 Å². The van der Waals surface area contributed by atoms with Crippen LogP contribution in [0.25, 0.3) is 0 Å². The number of benzene rings is 1. The summed E-state index contributed by atoms with van der Waals surface area (Å²) >= 11 is 0. The van der Waals surface area contributed by atoms with Crippen molar-refractivity contribution >= 4 is 41.0 Å². The van der Waals surface area contributed by atoms with Gasteiger partial charge in [-0.2, -0.15) is 4.98 Å². The largest absolute Gasteiger partial charge is 0.481 e. The zero-order valence-electron chi connectivity index (χ0n) is 24.1. The number of fused-ring (bicyclic) bond motifs is 1. The molecule has 1 amide bonds. The highest BCUT2D eigenvalue weighted by Gasteiger charge is 2.41. The number of carbonyl (C=O) groups excluding carboxylic acids is 1. The number of aromatic amines is 1. The van der Waals surface area contributed by atoms with Gasteiger partial charge in [-0.05, 0) is 30.7 Å². The highest BCUT2D eigenvalue weighted by molar-refractivity contribution is 5.97. The predicted molar refractivity (Wildman–Crippen MR) is 158 cm³/mol. The summed E-state index contributed by atoms with van der Waals surface area (Å²) in [5, 5.41) is 66.0. The number of amides is 1. The lowest BCUT2D eigenvalue weighted by molar-refractivity contribution is -0.248. The number of aliphatic carboxylic acids is 2. The van der Waals surface area contributed by atoms with E-state index < -0.39 is 67.1 Å². The third-order valence-corrected chi connectivity index (χ3v) is 7.06. The van der Waals surface area contributed by atoms with E-state index in [4.69, 9.17) is 31.5 Å². The fraction of sp³-hybridized carbons (Fsp3) is 0.500. The zero-order chi connectivity index (χ0) is 33.4. The summed E-state index contributed by atoms with van der Waals surface area (Å²) in [4.78, 5) is 53.2. The van der Waals surface area contributed by atoms with Crippen molar-refractivity contribution < 1.29 is 49.8 Å². The summed E-state index contributed by atoms with van der Waals surface area (Å²) < 4.78 is 4.70. The topological polar surface area (TPSA) is 328 Å². The monoisotopic (exact) mass is 638 g/mol. The second-order valence-corrected chi connectivity index (χ2v) is 10.5. The van der Waals surface area contributed by atoms with Crippen LogP contribution in [-0.4, -0.2) is 121 Å². The molecular formula is C26H38N8O11. The van der Waals surface area contributed by atoms with E-state index in [-0.39, 0.29) is 29.5 Å². The van der Waals surface area contributed by atoms with Crippen molar-refractivity contribution in [3.8, 4) is 0 Å². The molecule has 0 bridgehead atoms. The van der Waals surface area contributed by atoms with Gasteiger partial charge in [-0.3, -0.25) is 19.4 Å². The van der Waals surface area contributed by atoms with Crippen molar-refractivity contribution in [3.63, 3.8) is 0 Å². The molecule has 19 nitrogen and oxygen atoms in total. The molecule has 248 valence electrons. The Balaban J connectivity index is 0.000000385. The number of ether oxygens (including phenoxy) is 1. The molecule has 1 aromatic heterocycles. The zero-order valence-corrected chi connectivity index (χ0v) is 24.1. The molecule has 45 heavy (non-hydrogen) atoms. The van der Waals surface area contributed by atoms with Gasteiger partial charge in [0.2, 0.25) is 5.95 Å². The third-order valence-electron chi connectivity index (χ3n) is 7.06. The van der Waals surface area contributed by atoms with E-state index in [1.165, 1.54) is 19.1 Å². The van der Waals surface area contributed by atoms with E-state index >= 15 is 0 Å². The Kier molecular flexibility index (Phi) is 12.0. The van der Waals surface area contributed by atoms with E-state index in [2.05, 4.69) is 31.2 Å². The fourth-order valence-electron chi connectivity index (χ4n) is 4.37. The van der Waals surface area contributed by atoms with Crippen molar-refractivity contribution in [1.29, 1.82) is 0 Å². The van der Waals surface area contributed by atoms with Crippen LogP contribution in [0, 0.1) is 5.92 Å². The predicted octanol–water partition coefficient (Wildman–Crippen LogP) is -3.29. The van der Waals surface area contributed by atoms with Crippen molar-refractivity contribution in [1.82, 2.24) is 15.3 Å². The smallest absolute Gasteiger partial charge is 0.326 e. The molecule has 0 aliphatic carbocycles. The third kappa shape index (κ3) is 9.23. The van der Waals surface area contributed by atoms with Crippen molar-refractivity contribution in [3.05, 3.63) is 40.2 Å². The number of rotatable bonds is 10. The molecule has 2 aliphatic heterocycles. The van der Waals surface area contributed by atoms with Crippen LogP contribution < -0.4 is 38.3 Å². The second-order valence-electron chi connectivity index (χ2n) is 10.5. The molecule has 0 saturated carbocycles. The number of nitrogens with zero attached hydrogens (tertiary/aromatic N) is 1. The van der Waals surface area contributed by atoms with Crippen LogP contribution in [0.1, 0.15) is 23.7 Å². The molecule has 15 N–H and O–H groups in total. The number of nitrogens with one attached hydrogen (secondary N) is 5. The van der Waals surface area contributed by atoms with Gasteiger partial charge in [0.05, 0.1) is 24.6 Å². The van der Waals surface area contributed by atoms with E-state index in [0.29, 0.717) is 30.3 Å². The van der Waals surface area contributed by atoms with Gasteiger partial charge >= 0.3 is 11.9 Å². The van der Waals surface area contributed by atoms with Crippen molar-refractivity contribution in [2.75, 3.05) is 41.4 Å². The van der Waals surface area contributed by atoms with Gasteiger partial charge in [-0.15, -0.1) is 0 Å². The molecule has 2 aromatic rings. The minimum Gasteiger partial charge on any atom is -0.481 e. The molecule has 2 aliphatic rings. The van der Waals surface area contributed by atoms with Gasteiger partial charge in [0.15, 0.2) is 12.1 Å². The Morgan fingerprint density at radius 2 is 1.78 bits per heavy atom. The molecular weight excluding hydrogens is 600 g/mol. The van der Waals surface area contributed by atoms with Crippen LogP contribution >= 0.6 is 0 Å². The number of H-pyrrole nitrogens is 1. The first-order valence-electron chi connectivity index (χ1n) is 13.8. The molecule has 3 unspecified atom stereocenters. The quantitative estimate of drug-likeness (QED) is 0.121. The lowest BCUT2D eigenvalue weighted by atomic mass is 9.98. The number of carbonyl (C=O) groups is 3. The van der Waals surface area contributed by atoms with E-state index in [1.54, 1.807) is 12.1 Å². The first-order chi connectivity index (χ1) is 21.2. The number of hydrogen-bond acceptors (Lipinski definition) is 15. The first-order valence-corrected chi connectivity index (χ1v) is 13.8. The molecule has 0 radical (unpaired) electrons. The second kappa shape index (κ2) is 15.5. The van der Waals surface area contributed by atoms with E-state index in [0.717, 1.165) is 0 Å². The molecule has 19 heteroatoms. The van der Waals surface area contributed by atoms with Crippen LogP contribution in [0.4, 0.5) is 23.1 Å². The number of aliphatic hydroxyl groups excluding tert-OH is 4. The Bertz CT molecular complexity index is 1390. The normalized spacial score (nSPS) is 25.1. The van der Waals surface area contributed by atoms with Crippen molar-refractivity contribution in [2.24, 2.45) is 11.7 Å². The minimum absolute atomic E-state index is 0.0276. The highest BCUT2D eigenvalue weighted by Crippen LogP contribution is 2.20. The number of anilines is 4. The summed E-state index contributed by atoms with van der Waals surface area (Å²) in [6.45, 7) is 1.86. The number of hydrogen-bond donors (Lipinski definition) is 13. The molecule has 4 rings (SSSR count). The number of carboxylic acids is 2. The Morgan fingerprint density at radius 3 is 2.38 bits per heavy atom. The molecule has 1 fully saturated rings. The molecule has 1 saturated heterocycles. The number of nitrogen functional groups attached to an aromatic ring is 1. The van der Waals surface area contributed by atoms with Gasteiger partial charge in [-0.25, -0.2) is 4.79 Å². The first kappa shape index (κ1) is 35.0. The van der Waals surface area contributed by atoms with Crippen LogP contribution in [0.15, 0.2) is 29.1 Å². The molecule has 1 aromatic carbocycles. The number of carboxylic acid groups (broad SMARTS) is 2. The molecule has 0 spiro atoms. The van der Waals surface area contributed by atoms with E-state index in [9.17, 15) is 34.5 Å². The number of nitrogens with two attached hydrogens (primary N) is 2. The molecule has 8 atom stereocenters. The summed E-state index contributed by atoms with van der Waals surface area (Å²) in [5.41, 5.74) is 11.7. The van der Waals surface area contributed by atoms with Gasteiger partial charge in [0.1, 0.15) is 30.0 Å². The van der Waals surface area contributed by atoms with Crippen LogP contribution in [0.2, 0.25) is 0 Å². The fourth-order valence-corrected chi connectivity index (χ4v) is 4.37. The average molecular weight is 639 g/mol. The SMILES string of the molecule is CC(C[C@H](NC(=O)c1ccc(NCC2CNc3nc(N)[nH]c(=O)c3N2)cc1)C(=O)O)C(=O)O.N[C@H]1C(O)O[C@H](CO)[C@@H](O)[C@@H]1O. The van der Waals surface area contributed by atoms with Crippen LogP contribution in [-0.2, 0) is 14.3 Å². The van der Waals surface area contributed by atoms with Crippen LogP contribution in [0.5, 0.6) is 0 Å². The summed E-state index contributed by atoms with van der Waals surface area (Å²) in [7, 11) is 0. The summed E-state index contributed by atoms with van der Waals surface area (Å²) in [5.74, 6) is -3.56. The number of aromatic nitrogens is 2.